The highest BCUT2D eigenvalue weighted by Crippen LogP contribution is 2.35. The summed E-state index contributed by atoms with van der Waals surface area (Å²) in [7, 11) is 0. The first kappa shape index (κ1) is 17.7. The molecule has 142 valence electrons. The number of benzene rings is 1. The lowest BCUT2D eigenvalue weighted by Gasteiger charge is -2.52. The first-order valence-corrected chi connectivity index (χ1v) is 9.16. The van der Waals surface area contributed by atoms with Gasteiger partial charge in [0, 0.05) is 25.2 Å². The summed E-state index contributed by atoms with van der Waals surface area (Å²) in [4.78, 5) is 22.4. The van der Waals surface area contributed by atoms with Crippen molar-refractivity contribution in [3.8, 4) is 11.6 Å². The van der Waals surface area contributed by atoms with Crippen LogP contribution in [-0.4, -0.2) is 58.8 Å². The van der Waals surface area contributed by atoms with Crippen LogP contribution in [0.15, 0.2) is 42.9 Å². The number of carbonyl (C=O) groups is 1. The van der Waals surface area contributed by atoms with E-state index in [0.29, 0.717) is 25.6 Å². The average Bonchev–Trinajstić information content (AvgIpc) is 2.66. The number of rotatable bonds is 5. The molecule has 3 heterocycles. The Morgan fingerprint density at radius 1 is 1.33 bits per heavy atom. The number of hydrogen-bond acceptors (Lipinski definition) is 6. The molecule has 0 unspecified atom stereocenters. The summed E-state index contributed by atoms with van der Waals surface area (Å²) < 4.78 is 17.6. The Morgan fingerprint density at radius 3 is 2.96 bits per heavy atom. The van der Waals surface area contributed by atoms with E-state index < -0.39 is 0 Å². The first-order chi connectivity index (χ1) is 13.1. The third-order valence-corrected chi connectivity index (χ3v) is 5.03. The Kier molecular flexibility index (Phi) is 4.94. The minimum absolute atomic E-state index is 0.0237. The van der Waals surface area contributed by atoms with E-state index in [1.807, 2.05) is 31.2 Å². The zero-order valence-corrected chi connectivity index (χ0v) is 15.3. The van der Waals surface area contributed by atoms with Crippen LogP contribution in [0.1, 0.15) is 18.4 Å². The van der Waals surface area contributed by atoms with Crippen LogP contribution in [-0.2, 0) is 9.53 Å². The van der Waals surface area contributed by atoms with Crippen LogP contribution >= 0.6 is 0 Å². The van der Waals surface area contributed by atoms with E-state index in [1.165, 1.54) is 0 Å². The van der Waals surface area contributed by atoms with Gasteiger partial charge in [-0.05, 0) is 18.6 Å². The monoisotopic (exact) mass is 369 g/mol. The smallest absolute Gasteiger partial charge is 0.260 e. The fraction of sp³-hybridized carbons (Fsp3) is 0.450. The van der Waals surface area contributed by atoms with E-state index in [9.17, 15) is 4.79 Å². The van der Waals surface area contributed by atoms with Gasteiger partial charge >= 0.3 is 0 Å². The minimum Gasteiger partial charge on any atom is -0.484 e. The largest absolute Gasteiger partial charge is 0.484 e. The minimum atomic E-state index is -0.316. The van der Waals surface area contributed by atoms with E-state index in [2.05, 4.69) is 9.97 Å². The van der Waals surface area contributed by atoms with Crippen LogP contribution in [0, 0.1) is 6.92 Å². The molecule has 2 aliphatic rings. The fourth-order valence-corrected chi connectivity index (χ4v) is 3.60. The van der Waals surface area contributed by atoms with Crippen molar-refractivity contribution in [1.82, 2.24) is 14.9 Å². The number of amides is 1. The van der Waals surface area contributed by atoms with Crippen molar-refractivity contribution in [2.75, 3.05) is 26.3 Å². The van der Waals surface area contributed by atoms with Crippen molar-refractivity contribution in [2.45, 2.75) is 31.5 Å². The van der Waals surface area contributed by atoms with E-state index in [0.717, 1.165) is 24.2 Å². The van der Waals surface area contributed by atoms with Gasteiger partial charge in [-0.15, -0.1) is 0 Å². The van der Waals surface area contributed by atoms with Gasteiger partial charge in [0.2, 0.25) is 5.88 Å². The van der Waals surface area contributed by atoms with Gasteiger partial charge in [0.15, 0.2) is 6.61 Å². The maximum absolute atomic E-state index is 12.4. The molecule has 0 N–H and O–H groups in total. The number of aryl methyl sites for hydroxylation is 1. The standard InChI is InChI=1S/C20H23N3O4/c1-15-4-2-3-5-17(15)25-12-19(24)23-13-20(14-23)10-16(6-9-26-20)27-18-11-21-7-8-22-18/h2-5,7-8,11,16H,6,9-10,12-14H2,1H3/t16-/m1/s1. The molecule has 1 spiro atoms. The molecule has 7 heteroatoms. The number of likely N-dealkylation sites (tertiary alicyclic amines) is 1. The maximum Gasteiger partial charge on any atom is 0.260 e. The number of hydrogen-bond donors (Lipinski definition) is 0. The quantitative estimate of drug-likeness (QED) is 0.803. The third-order valence-electron chi connectivity index (χ3n) is 5.03. The van der Waals surface area contributed by atoms with E-state index >= 15 is 0 Å². The highest BCUT2D eigenvalue weighted by Gasteiger charge is 2.50. The molecule has 1 atom stereocenters. The van der Waals surface area contributed by atoms with Crippen LogP contribution in [0.4, 0.5) is 0 Å². The zero-order valence-electron chi connectivity index (χ0n) is 15.3. The third kappa shape index (κ3) is 4.03. The summed E-state index contributed by atoms with van der Waals surface area (Å²) in [6, 6.07) is 7.69. The molecule has 1 aromatic carbocycles. The van der Waals surface area contributed by atoms with E-state index in [1.54, 1.807) is 23.5 Å². The highest BCUT2D eigenvalue weighted by atomic mass is 16.5. The molecular weight excluding hydrogens is 346 g/mol. The molecule has 4 rings (SSSR count). The molecule has 0 saturated carbocycles. The van der Waals surface area contributed by atoms with Gasteiger partial charge < -0.3 is 19.1 Å². The maximum atomic E-state index is 12.4. The Labute approximate surface area is 158 Å². The van der Waals surface area contributed by atoms with Crippen molar-refractivity contribution in [3.05, 3.63) is 48.4 Å². The second-order valence-corrected chi connectivity index (χ2v) is 7.11. The number of aromatic nitrogens is 2. The van der Waals surface area contributed by atoms with Crippen LogP contribution in [0.25, 0.3) is 0 Å². The molecule has 0 aliphatic carbocycles. The Balaban J connectivity index is 1.27. The van der Waals surface area contributed by atoms with Crippen LogP contribution in [0.5, 0.6) is 11.6 Å². The molecule has 2 saturated heterocycles. The summed E-state index contributed by atoms with van der Waals surface area (Å²) >= 11 is 0. The van der Waals surface area contributed by atoms with Crippen molar-refractivity contribution in [2.24, 2.45) is 0 Å². The predicted molar refractivity (Wildman–Crippen MR) is 97.6 cm³/mol. The second kappa shape index (κ2) is 7.52. The molecule has 1 aromatic heterocycles. The normalized spacial score (nSPS) is 20.8. The Morgan fingerprint density at radius 2 is 2.19 bits per heavy atom. The van der Waals surface area contributed by atoms with Crippen LogP contribution in [0.2, 0.25) is 0 Å². The lowest BCUT2D eigenvalue weighted by Crippen LogP contribution is -2.68. The lowest BCUT2D eigenvalue weighted by atomic mass is 9.84. The average molecular weight is 369 g/mol. The van der Waals surface area contributed by atoms with Gasteiger partial charge in [-0.3, -0.25) is 9.78 Å². The number of nitrogens with zero attached hydrogens (tertiary/aromatic N) is 3. The topological polar surface area (TPSA) is 73.8 Å². The molecule has 0 bridgehead atoms. The summed E-state index contributed by atoms with van der Waals surface area (Å²) in [5.74, 6) is 1.25. The molecule has 1 amide bonds. The van der Waals surface area contributed by atoms with Crippen molar-refractivity contribution in [3.63, 3.8) is 0 Å². The summed E-state index contributed by atoms with van der Waals surface area (Å²) in [5, 5.41) is 0. The van der Waals surface area contributed by atoms with Gasteiger partial charge in [0.25, 0.3) is 5.91 Å². The van der Waals surface area contributed by atoms with Crippen LogP contribution in [0.3, 0.4) is 0 Å². The number of ether oxygens (including phenoxy) is 3. The Hall–Kier alpha value is -2.67. The molecule has 2 aromatic rings. The summed E-state index contributed by atoms with van der Waals surface area (Å²) in [6.07, 6.45) is 6.42. The molecule has 2 aliphatic heterocycles. The molecule has 27 heavy (non-hydrogen) atoms. The van der Waals surface area contributed by atoms with E-state index in [4.69, 9.17) is 14.2 Å². The predicted octanol–water partition coefficient (Wildman–Crippen LogP) is 2.00. The second-order valence-electron chi connectivity index (χ2n) is 7.11. The summed E-state index contributed by atoms with van der Waals surface area (Å²) in [5.41, 5.74) is 0.702. The van der Waals surface area contributed by atoms with Gasteiger partial charge in [-0.25, -0.2) is 4.98 Å². The summed E-state index contributed by atoms with van der Waals surface area (Å²) in [6.45, 7) is 3.77. The zero-order chi connectivity index (χ0) is 18.7. The molecule has 7 nitrogen and oxygen atoms in total. The fourth-order valence-electron chi connectivity index (χ4n) is 3.60. The first-order valence-electron chi connectivity index (χ1n) is 9.16. The Bertz CT molecular complexity index is 793. The molecule has 2 fully saturated rings. The van der Waals surface area contributed by atoms with Gasteiger partial charge in [-0.2, -0.15) is 0 Å². The molecular formula is C20H23N3O4. The number of carbonyl (C=O) groups excluding carboxylic acids is 1. The van der Waals surface area contributed by atoms with Crippen molar-refractivity contribution in [1.29, 1.82) is 0 Å². The van der Waals surface area contributed by atoms with Gasteiger partial charge in [-0.1, -0.05) is 18.2 Å². The van der Waals surface area contributed by atoms with E-state index in [-0.39, 0.29) is 24.2 Å². The molecule has 0 radical (unpaired) electrons. The SMILES string of the molecule is Cc1ccccc1OCC(=O)N1CC2(C[C@H](Oc3cnccn3)CCO2)C1. The number of para-hydroxylation sites is 1. The van der Waals surface area contributed by atoms with Crippen molar-refractivity contribution < 1.29 is 19.0 Å². The van der Waals surface area contributed by atoms with Gasteiger partial charge in [0.1, 0.15) is 17.5 Å². The van der Waals surface area contributed by atoms with Crippen molar-refractivity contribution >= 4 is 5.91 Å². The highest BCUT2D eigenvalue weighted by molar-refractivity contribution is 5.79. The van der Waals surface area contributed by atoms with Crippen LogP contribution < -0.4 is 9.47 Å². The lowest BCUT2D eigenvalue weighted by molar-refractivity contribution is -0.194. The van der Waals surface area contributed by atoms with Gasteiger partial charge in [0.05, 0.1) is 25.9 Å².